The van der Waals surface area contributed by atoms with Crippen molar-refractivity contribution < 1.29 is 9.90 Å². The highest BCUT2D eigenvalue weighted by molar-refractivity contribution is 7.09. The fourth-order valence-corrected chi connectivity index (χ4v) is 6.09. The van der Waals surface area contributed by atoms with Gasteiger partial charge in [0.15, 0.2) is 0 Å². The number of piperidine rings is 3. The van der Waals surface area contributed by atoms with E-state index >= 15 is 0 Å². The van der Waals surface area contributed by atoms with Gasteiger partial charge in [-0.15, -0.1) is 11.3 Å². The molecular formula is C19H29N3O2S. The summed E-state index contributed by atoms with van der Waals surface area (Å²) in [5.41, 5.74) is 1.19. The average molecular weight is 364 g/mol. The normalized spacial score (nSPS) is 33.0. The Morgan fingerprint density at radius 3 is 2.88 bits per heavy atom. The highest BCUT2D eigenvalue weighted by Gasteiger charge is 2.49. The van der Waals surface area contributed by atoms with E-state index in [9.17, 15) is 9.90 Å². The first-order valence-corrected chi connectivity index (χ1v) is 10.5. The van der Waals surface area contributed by atoms with Crippen molar-refractivity contribution in [2.45, 2.75) is 64.1 Å². The first-order valence-electron chi connectivity index (χ1n) is 9.65. The molecule has 1 amide bonds. The molecule has 4 rings (SSSR count). The van der Waals surface area contributed by atoms with Crippen molar-refractivity contribution in [1.82, 2.24) is 14.8 Å². The highest BCUT2D eigenvalue weighted by Crippen LogP contribution is 2.41. The number of amides is 1. The Balaban J connectivity index is 1.50. The topological polar surface area (TPSA) is 56.7 Å². The quantitative estimate of drug-likeness (QED) is 0.893. The predicted octanol–water partition coefficient (Wildman–Crippen LogP) is 2.46. The van der Waals surface area contributed by atoms with E-state index in [1.165, 1.54) is 10.7 Å². The summed E-state index contributed by atoms with van der Waals surface area (Å²) >= 11 is 1.76. The van der Waals surface area contributed by atoms with Gasteiger partial charge in [0.2, 0.25) is 5.91 Å². The number of rotatable bonds is 4. The second-order valence-corrected chi connectivity index (χ2v) is 9.22. The second-order valence-electron chi connectivity index (χ2n) is 8.28. The van der Waals surface area contributed by atoms with Crippen LogP contribution in [0.5, 0.6) is 0 Å². The zero-order chi connectivity index (χ0) is 17.6. The average Bonchev–Trinajstić information content (AvgIpc) is 3.05. The van der Waals surface area contributed by atoms with E-state index in [2.05, 4.69) is 29.0 Å². The van der Waals surface area contributed by atoms with E-state index in [0.717, 1.165) is 38.9 Å². The fraction of sp³-hybridized carbons (Fsp3) is 0.789. The summed E-state index contributed by atoms with van der Waals surface area (Å²) in [5, 5.41) is 13.4. The molecule has 0 aliphatic carbocycles. The van der Waals surface area contributed by atoms with Crippen molar-refractivity contribution in [2.75, 3.05) is 19.7 Å². The summed E-state index contributed by atoms with van der Waals surface area (Å²) in [6.45, 7) is 7.40. The minimum atomic E-state index is 0.0133. The van der Waals surface area contributed by atoms with Gasteiger partial charge in [-0.3, -0.25) is 9.69 Å². The Hall–Kier alpha value is -0.980. The molecule has 3 saturated heterocycles. The number of fused-ring (bicyclic) bond motifs is 4. The van der Waals surface area contributed by atoms with Crippen molar-refractivity contribution in [3.05, 3.63) is 16.1 Å². The van der Waals surface area contributed by atoms with Crippen LogP contribution in [0.25, 0.3) is 0 Å². The van der Waals surface area contributed by atoms with Gasteiger partial charge in [0, 0.05) is 30.9 Å². The SMILES string of the molecule is CC(C)c1csc(CN2C[C@H]3C[C@@H](C2)[C@H](CO)N2C(=O)CCC[C@@H]32)n1. The molecule has 0 radical (unpaired) electrons. The lowest BCUT2D eigenvalue weighted by atomic mass is 9.72. The van der Waals surface area contributed by atoms with Crippen LogP contribution in [-0.4, -0.2) is 57.6 Å². The Morgan fingerprint density at radius 1 is 1.36 bits per heavy atom. The molecule has 1 aromatic heterocycles. The van der Waals surface area contributed by atoms with E-state index in [1.54, 1.807) is 11.3 Å². The molecule has 0 spiro atoms. The van der Waals surface area contributed by atoms with Gasteiger partial charge in [-0.05, 0) is 37.0 Å². The third-order valence-electron chi connectivity index (χ3n) is 6.28. The van der Waals surface area contributed by atoms with E-state index in [1.807, 2.05) is 0 Å². The monoisotopic (exact) mass is 363 g/mol. The maximum atomic E-state index is 12.5. The van der Waals surface area contributed by atoms with Crippen LogP contribution in [0.2, 0.25) is 0 Å². The van der Waals surface area contributed by atoms with E-state index in [0.29, 0.717) is 30.2 Å². The summed E-state index contributed by atoms with van der Waals surface area (Å²) < 4.78 is 0. The Morgan fingerprint density at radius 2 is 2.16 bits per heavy atom. The number of nitrogens with zero attached hydrogens (tertiary/aromatic N) is 3. The molecule has 1 N–H and O–H groups in total. The lowest BCUT2D eigenvalue weighted by Crippen LogP contribution is -2.65. The smallest absolute Gasteiger partial charge is 0.223 e. The van der Waals surface area contributed by atoms with E-state index in [-0.39, 0.29) is 18.6 Å². The summed E-state index contributed by atoms with van der Waals surface area (Å²) in [7, 11) is 0. The molecule has 138 valence electrons. The van der Waals surface area contributed by atoms with Gasteiger partial charge in [-0.1, -0.05) is 13.8 Å². The Kier molecular flexibility index (Phi) is 4.86. The van der Waals surface area contributed by atoms with Crippen LogP contribution in [-0.2, 0) is 11.3 Å². The van der Waals surface area contributed by atoms with E-state index in [4.69, 9.17) is 4.98 Å². The van der Waals surface area contributed by atoms with Crippen LogP contribution >= 0.6 is 11.3 Å². The van der Waals surface area contributed by atoms with Crippen LogP contribution < -0.4 is 0 Å². The third-order valence-corrected chi connectivity index (χ3v) is 7.13. The number of likely N-dealkylation sites (tertiary alicyclic amines) is 1. The van der Waals surface area contributed by atoms with Crippen molar-refractivity contribution in [3.63, 3.8) is 0 Å². The van der Waals surface area contributed by atoms with Crippen LogP contribution in [0.3, 0.4) is 0 Å². The van der Waals surface area contributed by atoms with Gasteiger partial charge in [0.05, 0.1) is 24.9 Å². The Labute approximate surface area is 154 Å². The van der Waals surface area contributed by atoms with Gasteiger partial charge in [-0.2, -0.15) is 0 Å². The summed E-state index contributed by atoms with van der Waals surface area (Å²) in [5.74, 6) is 1.69. The van der Waals surface area contributed by atoms with Crippen LogP contribution in [0.4, 0.5) is 0 Å². The molecule has 4 heterocycles. The minimum Gasteiger partial charge on any atom is -0.394 e. The van der Waals surface area contributed by atoms with Gasteiger partial charge in [-0.25, -0.2) is 4.98 Å². The van der Waals surface area contributed by atoms with Crippen molar-refractivity contribution in [2.24, 2.45) is 11.8 Å². The van der Waals surface area contributed by atoms with Crippen LogP contribution in [0.15, 0.2) is 5.38 Å². The number of carbonyl (C=O) groups excluding carboxylic acids is 1. The van der Waals surface area contributed by atoms with Crippen molar-refractivity contribution in [3.8, 4) is 0 Å². The minimum absolute atomic E-state index is 0.0133. The summed E-state index contributed by atoms with van der Waals surface area (Å²) in [6, 6.07) is 0.347. The van der Waals surface area contributed by atoms with Crippen LogP contribution in [0.1, 0.15) is 56.2 Å². The van der Waals surface area contributed by atoms with Crippen molar-refractivity contribution in [1.29, 1.82) is 0 Å². The molecule has 2 bridgehead atoms. The summed E-state index contributed by atoms with van der Waals surface area (Å²) in [4.78, 5) is 21.8. The number of carbonyl (C=O) groups is 1. The molecule has 6 heteroatoms. The molecule has 3 aliphatic heterocycles. The third kappa shape index (κ3) is 3.24. The molecule has 0 aromatic carbocycles. The molecule has 0 unspecified atom stereocenters. The predicted molar refractivity (Wildman–Crippen MR) is 98.4 cm³/mol. The largest absolute Gasteiger partial charge is 0.394 e. The molecule has 25 heavy (non-hydrogen) atoms. The highest BCUT2D eigenvalue weighted by atomic mass is 32.1. The van der Waals surface area contributed by atoms with Crippen LogP contribution in [0, 0.1) is 11.8 Å². The number of aliphatic hydroxyl groups excluding tert-OH is 1. The fourth-order valence-electron chi connectivity index (χ4n) is 5.09. The van der Waals surface area contributed by atoms with Gasteiger partial charge in [0.1, 0.15) is 5.01 Å². The van der Waals surface area contributed by atoms with Crippen molar-refractivity contribution >= 4 is 17.2 Å². The summed E-state index contributed by atoms with van der Waals surface area (Å²) in [6.07, 6.45) is 3.92. The lowest BCUT2D eigenvalue weighted by molar-refractivity contribution is -0.155. The Bertz CT molecular complexity index is 618. The standard InChI is InChI=1S/C19H29N3O2S/c1-12(2)15-11-25-18(20-15)9-21-7-13-6-14(8-21)17(10-23)22-16(13)4-3-5-19(22)24/h11-14,16-17,23H,3-10H2,1-2H3/t13-,14+,16+,17+/m1/s1. The zero-order valence-electron chi connectivity index (χ0n) is 15.2. The molecule has 5 nitrogen and oxygen atoms in total. The maximum Gasteiger partial charge on any atom is 0.223 e. The molecule has 4 atom stereocenters. The zero-order valence-corrected chi connectivity index (χ0v) is 16.0. The molecule has 3 fully saturated rings. The first-order chi connectivity index (χ1) is 12.1. The number of thiazole rings is 1. The lowest BCUT2D eigenvalue weighted by Gasteiger charge is -2.56. The van der Waals surface area contributed by atoms with Gasteiger partial charge < -0.3 is 10.0 Å². The first kappa shape index (κ1) is 17.4. The number of aromatic nitrogens is 1. The molecule has 0 saturated carbocycles. The molecular weight excluding hydrogens is 334 g/mol. The second kappa shape index (κ2) is 6.97. The van der Waals surface area contributed by atoms with E-state index < -0.39 is 0 Å². The maximum absolute atomic E-state index is 12.5. The number of hydrogen-bond donors (Lipinski definition) is 1. The van der Waals surface area contributed by atoms with Gasteiger partial charge >= 0.3 is 0 Å². The van der Waals surface area contributed by atoms with Gasteiger partial charge in [0.25, 0.3) is 0 Å². The molecule has 1 aromatic rings. The molecule has 3 aliphatic rings. The number of aliphatic hydroxyl groups is 1. The number of hydrogen-bond acceptors (Lipinski definition) is 5.